The maximum absolute atomic E-state index is 5.73. The molecule has 94 valence electrons. The zero-order valence-corrected chi connectivity index (χ0v) is 10.7. The van der Waals surface area contributed by atoms with Crippen LogP contribution in [0.15, 0.2) is 0 Å². The summed E-state index contributed by atoms with van der Waals surface area (Å²) in [5, 5.41) is 3.65. The highest BCUT2D eigenvalue weighted by molar-refractivity contribution is 4.81. The van der Waals surface area contributed by atoms with Crippen LogP contribution < -0.4 is 5.32 Å². The van der Waals surface area contributed by atoms with Gasteiger partial charge < -0.3 is 10.1 Å². The van der Waals surface area contributed by atoms with Crippen molar-refractivity contribution in [2.24, 2.45) is 5.92 Å². The van der Waals surface area contributed by atoms with Crippen molar-refractivity contribution in [3.05, 3.63) is 0 Å². The molecule has 2 aliphatic rings. The van der Waals surface area contributed by atoms with E-state index in [2.05, 4.69) is 24.1 Å². The van der Waals surface area contributed by atoms with Crippen LogP contribution in [-0.4, -0.2) is 49.8 Å². The van der Waals surface area contributed by atoms with Gasteiger partial charge in [-0.3, -0.25) is 4.90 Å². The smallest absolute Gasteiger partial charge is 0.0702 e. The predicted octanol–water partition coefficient (Wildman–Crippen LogP) is 1.49. The third kappa shape index (κ3) is 3.44. The fraction of sp³-hybridized carbons (Fsp3) is 1.00. The molecule has 0 aromatic carbocycles. The molecule has 0 aromatic heterocycles. The van der Waals surface area contributed by atoms with Crippen molar-refractivity contribution in [2.75, 3.05) is 32.8 Å². The predicted molar refractivity (Wildman–Crippen MR) is 66.7 cm³/mol. The van der Waals surface area contributed by atoms with Gasteiger partial charge in [-0.15, -0.1) is 0 Å². The first-order valence-corrected chi connectivity index (χ1v) is 6.83. The number of ether oxygens (including phenoxy) is 1. The van der Waals surface area contributed by atoms with Crippen molar-refractivity contribution in [3.8, 4) is 0 Å². The summed E-state index contributed by atoms with van der Waals surface area (Å²) >= 11 is 0. The third-order valence-corrected chi connectivity index (χ3v) is 3.80. The molecule has 1 N–H and O–H groups in total. The number of hydrogen-bond donors (Lipinski definition) is 1. The highest BCUT2D eigenvalue weighted by Gasteiger charge is 2.24. The van der Waals surface area contributed by atoms with Gasteiger partial charge in [0.05, 0.1) is 6.10 Å². The van der Waals surface area contributed by atoms with E-state index in [9.17, 15) is 0 Å². The van der Waals surface area contributed by atoms with E-state index in [1.807, 2.05) is 0 Å². The molecule has 0 saturated carbocycles. The molecule has 0 amide bonds. The van der Waals surface area contributed by atoms with Gasteiger partial charge in [-0.2, -0.15) is 0 Å². The van der Waals surface area contributed by atoms with Gasteiger partial charge in [0.15, 0.2) is 0 Å². The molecule has 16 heavy (non-hydrogen) atoms. The van der Waals surface area contributed by atoms with Crippen molar-refractivity contribution in [2.45, 2.75) is 45.3 Å². The maximum atomic E-state index is 5.73. The summed E-state index contributed by atoms with van der Waals surface area (Å²) < 4.78 is 5.73. The molecule has 2 rings (SSSR count). The van der Waals surface area contributed by atoms with Crippen LogP contribution >= 0.6 is 0 Å². The zero-order valence-electron chi connectivity index (χ0n) is 10.7. The second-order valence-electron chi connectivity index (χ2n) is 5.55. The van der Waals surface area contributed by atoms with Gasteiger partial charge in [0.1, 0.15) is 0 Å². The molecule has 2 saturated heterocycles. The van der Waals surface area contributed by atoms with Gasteiger partial charge in [0.25, 0.3) is 0 Å². The largest absolute Gasteiger partial charge is 0.377 e. The van der Waals surface area contributed by atoms with Crippen molar-refractivity contribution in [1.29, 1.82) is 0 Å². The summed E-state index contributed by atoms with van der Waals surface area (Å²) in [4.78, 5) is 2.60. The first-order valence-electron chi connectivity index (χ1n) is 6.83. The minimum atomic E-state index is 0.505. The maximum Gasteiger partial charge on any atom is 0.0702 e. The van der Waals surface area contributed by atoms with Crippen molar-refractivity contribution in [3.63, 3.8) is 0 Å². The van der Waals surface area contributed by atoms with E-state index in [1.165, 1.54) is 38.9 Å². The number of nitrogens with one attached hydrogen (secondary N) is 1. The van der Waals surface area contributed by atoms with Crippen molar-refractivity contribution < 1.29 is 4.74 Å². The molecular weight excluding hydrogens is 200 g/mol. The average molecular weight is 226 g/mol. The minimum Gasteiger partial charge on any atom is -0.377 e. The Kier molecular flexibility index (Phi) is 4.62. The molecule has 2 heterocycles. The molecule has 3 heteroatoms. The molecule has 0 aliphatic carbocycles. The summed E-state index contributed by atoms with van der Waals surface area (Å²) in [6, 6.07) is 0.656. The molecule has 0 aromatic rings. The third-order valence-electron chi connectivity index (χ3n) is 3.80. The molecule has 0 radical (unpaired) electrons. The van der Waals surface area contributed by atoms with Gasteiger partial charge in [0, 0.05) is 25.7 Å². The summed E-state index contributed by atoms with van der Waals surface area (Å²) in [5.74, 6) is 0.727. The van der Waals surface area contributed by atoms with Crippen LogP contribution in [0.25, 0.3) is 0 Å². The Bertz CT molecular complexity index is 202. The Hall–Kier alpha value is -0.120. The molecule has 2 fully saturated rings. The van der Waals surface area contributed by atoms with E-state index < -0.39 is 0 Å². The number of nitrogens with zero attached hydrogens (tertiary/aromatic N) is 1. The molecule has 3 nitrogen and oxygen atoms in total. The molecular formula is C13H26N2O. The zero-order chi connectivity index (χ0) is 11.4. The van der Waals surface area contributed by atoms with Gasteiger partial charge in [-0.05, 0) is 38.3 Å². The Balaban J connectivity index is 1.82. The highest BCUT2D eigenvalue weighted by atomic mass is 16.5. The first kappa shape index (κ1) is 12.3. The van der Waals surface area contributed by atoms with E-state index in [0.717, 1.165) is 19.1 Å². The fourth-order valence-corrected chi connectivity index (χ4v) is 2.71. The van der Waals surface area contributed by atoms with Gasteiger partial charge in [-0.1, -0.05) is 13.8 Å². The summed E-state index contributed by atoms with van der Waals surface area (Å²) in [6.45, 7) is 10.3. The summed E-state index contributed by atoms with van der Waals surface area (Å²) in [5.41, 5.74) is 0. The minimum absolute atomic E-state index is 0.505. The van der Waals surface area contributed by atoms with E-state index >= 15 is 0 Å². The highest BCUT2D eigenvalue weighted by Crippen LogP contribution is 2.15. The Labute approximate surface area is 99.5 Å². The van der Waals surface area contributed by atoms with Crippen LogP contribution in [0.1, 0.15) is 33.1 Å². The standard InChI is InChI=1S/C13H26N2O/c1-11(2)13-10-15(7-4-6-14-13)9-12-5-3-8-16-12/h11-14H,3-10H2,1-2H3. The van der Waals surface area contributed by atoms with Gasteiger partial charge in [-0.25, -0.2) is 0 Å². The Morgan fingerprint density at radius 3 is 2.94 bits per heavy atom. The normalized spacial score (nSPS) is 33.2. The number of rotatable bonds is 3. The second kappa shape index (κ2) is 5.99. The van der Waals surface area contributed by atoms with E-state index in [-0.39, 0.29) is 0 Å². The monoisotopic (exact) mass is 226 g/mol. The van der Waals surface area contributed by atoms with Crippen molar-refractivity contribution >= 4 is 0 Å². The lowest BCUT2D eigenvalue weighted by molar-refractivity contribution is 0.0710. The lowest BCUT2D eigenvalue weighted by Gasteiger charge is -2.28. The Morgan fingerprint density at radius 2 is 2.25 bits per heavy atom. The van der Waals surface area contributed by atoms with E-state index in [1.54, 1.807) is 0 Å². The molecule has 2 unspecified atom stereocenters. The van der Waals surface area contributed by atoms with E-state index in [0.29, 0.717) is 12.1 Å². The second-order valence-corrected chi connectivity index (χ2v) is 5.55. The molecule has 2 atom stereocenters. The Morgan fingerprint density at radius 1 is 1.38 bits per heavy atom. The summed E-state index contributed by atoms with van der Waals surface area (Å²) in [6.07, 6.45) is 4.29. The van der Waals surface area contributed by atoms with Crippen LogP contribution in [0.4, 0.5) is 0 Å². The average Bonchev–Trinajstić information content (AvgIpc) is 2.62. The molecule has 0 spiro atoms. The van der Waals surface area contributed by atoms with Crippen LogP contribution in [-0.2, 0) is 4.74 Å². The fourth-order valence-electron chi connectivity index (χ4n) is 2.71. The lowest BCUT2D eigenvalue weighted by atomic mass is 10.0. The summed E-state index contributed by atoms with van der Waals surface area (Å²) in [7, 11) is 0. The van der Waals surface area contributed by atoms with Gasteiger partial charge in [0.2, 0.25) is 0 Å². The van der Waals surface area contributed by atoms with E-state index in [4.69, 9.17) is 4.74 Å². The first-order chi connectivity index (χ1) is 7.75. The van der Waals surface area contributed by atoms with Crippen LogP contribution in [0.2, 0.25) is 0 Å². The molecule has 0 bridgehead atoms. The lowest BCUT2D eigenvalue weighted by Crippen LogP contribution is -2.43. The van der Waals surface area contributed by atoms with Gasteiger partial charge >= 0.3 is 0 Å². The quantitative estimate of drug-likeness (QED) is 0.789. The molecule has 2 aliphatic heterocycles. The number of hydrogen-bond acceptors (Lipinski definition) is 3. The van der Waals surface area contributed by atoms with Crippen LogP contribution in [0.3, 0.4) is 0 Å². The van der Waals surface area contributed by atoms with Crippen molar-refractivity contribution in [1.82, 2.24) is 10.2 Å². The SMILES string of the molecule is CC(C)C1CN(CC2CCCO2)CCCN1. The van der Waals surface area contributed by atoms with Crippen LogP contribution in [0.5, 0.6) is 0 Å². The topological polar surface area (TPSA) is 24.5 Å². The van der Waals surface area contributed by atoms with Crippen LogP contribution in [0, 0.1) is 5.92 Å².